The number of sulfonamides is 1. The molecule has 0 aliphatic carbocycles. The van der Waals surface area contributed by atoms with Gasteiger partial charge in [0.25, 0.3) is 5.56 Å². The second-order valence-corrected chi connectivity index (χ2v) is 9.63. The summed E-state index contributed by atoms with van der Waals surface area (Å²) in [7, 11) is -2.17. The lowest BCUT2D eigenvalue weighted by molar-refractivity contribution is 0.407. The average Bonchev–Trinajstić information content (AvgIpc) is 2.67. The van der Waals surface area contributed by atoms with Crippen LogP contribution < -0.4 is 15.0 Å². The number of nitrogens with zero attached hydrogens (tertiary/aromatic N) is 4. The van der Waals surface area contributed by atoms with Crippen molar-refractivity contribution in [3.8, 4) is 23.1 Å². The minimum Gasteiger partial charge on any atom is -0.421 e. The SMILES string of the molecule is Cc1cccc(F)c1Oc1nc(NS(=O)(=O)CC(C)C)nc(-c2cc(C)c(=O)n(C)c2)n1. The van der Waals surface area contributed by atoms with E-state index in [0.29, 0.717) is 16.7 Å². The predicted molar refractivity (Wildman–Crippen MR) is 119 cm³/mol. The monoisotopic (exact) mass is 461 g/mol. The van der Waals surface area contributed by atoms with Gasteiger partial charge in [-0.05, 0) is 37.5 Å². The summed E-state index contributed by atoms with van der Waals surface area (Å²) in [5, 5.41) is 0. The van der Waals surface area contributed by atoms with Gasteiger partial charge in [-0.25, -0.2) is 12.8 Å². The first-order valence-electron chi connectivity index (χ1n) is 9.82. The minimum absolute atomic E-state index is 0.0601. The number of aromatic nitrogens is 4. The van der Waals surface area contributed by atoms with E-state index in [-0.39, 0.29) is 40.8 Å². The lowest BCUT2D eigenvalue weighted by Gasteiger charge is -2.13. The van der Waals surface area contributed by atoms with Crippen LogP contribution in [-0.4, -0.2) is 33.7 Å². The van der Waals surface area contributed by atoms with Crippen molar-refractivity contribution < 1.29 is 17.5 Å². The van der Waals surface area contributed by atoms with Crippen molar-refractivity contribution in [3.05, 3.63) is 57.8 Å². The van der Waals surface area contributed by atoms with Crippen molar-refractivity contribution in [1.29, 1.82) is 0 Å². The Kier molecular flexibility index (Phi) is 6.58. The number of ether oxygens (including phenoxy) is 1. The van der Waals surface area contributed by atoms with Gasteiger partial charge < -0.3 is 9.30 Å². The Hall–Kier alpha value is -3.34. The van der Waals surface area contributed by atoms with Crippen LogP contribution in [-0.2, 0) is 17.1 Å². The van der Waals surface area contributed by atoms with Crippen LogP contribution in [0.4, 0.5) is 10.3 Å². The zero-order valence-electron chi connectivity index (χ0n) is 18.4. The van der Waals surface area contributed by atoms with Gasteiger partial charge in [-0.3, -0.25) is 9.52 Å². The van der Waals surface area contributed by atoms with Gasteiger partial charge in [0.1, 0.15) is 0 Å². The molecule has 0 spiro atoms. The quantitative estimate of drug-likeness (QED) is 0.574. The molecule has 0 amide bonds. The van der Waals surface area contributed by atoms with E-state index < -0.39 is 15.8 Å². The summed E-state index contributed by atoms with van der Waals surface area (Å²) in [5.41, 5.74) is 1.19. The largest absolute Gasteiger partial charge is 0.421 e. The van der Waals surface area contributed by atoms with Gasteiger partial charge in [-0.15, -0.1) is 0 Å². The molecule has 0 atom stereocenters. The lowest BCUT2D eigenvalue weighted by Crippen LogP contribution is -2.22. The van der Waals surface area contributed by atoms with Gasteiger partial charge in [0.2, 0.25) is 16.0 Å². The van der Waals surface area contributed by atoms with Gasteiger partial charge in [0.15, 0.2) is 17.4 Å². The van der Waals surface area contributed by atoms with E-state index in [1.54, 1.807) is 46.9 Å². The number of para-hydroxylation sites is 1. The van der Waals surface area contributed by atoms with Crippen molar-refractivity contribution >= 4 is 16.0 Å². The topological polar surface area (TPSA) is 116 Å². The van der Waals surface area contributed by atoms with Crippen LogP contribution in [0.15, 0.2) is 35.3 Å². The van der Waals surface area contributed by atoms with Crippen molar-refractivity contribution in [2.45, 2.75) is 27.7 Å². The molecule has 9 nitrogen and oxygen atoms in total. The van der Waals surface area contributed by atoms with E-state index >= 15 is 0 Å². The van der Waals surface area contributed by atoms with Crippen LogP contribution in [0.2, 0.25) is 0 Å². The fourth-order valence-electron chi connectivity index (χ4n) is 3.03. The van der Waals surface area contributed by atoms with E-state index in [1.807, 2.05) is 0 Å². The molecule has 2 heterocycles. The first-order chi connectivity index (χ1) is 14.9. The van der Waals surface area contributed by atoms with E-state index in [1.165, 1.54) is 22.9 Å². The van der Waals surface area contributed by atoms with Gasteiger partial charge >= 0.3 is 6.01 Å². The first-order valence-corrected chi connectivity index (χ1v) is 11.5. The molecule has 0 unspecified atom stereocenters. The molecule has 3 aromatic rings. The fraction of sp³-hybridized carbons (Fsp3) is 0.333. The van der Waals surface area contributed by atoms with E-state index in [9.17, 15) is 17.6 Å². The van der Waals surface area contributed by atoms with Gasteiger partial charge in [-0.2, -0.15) is 15.0 Å². The third kappa shape index (κ3) is 5.47. The molecule has 1 N–H and O–H groups in total. The molecule has 3 rings (SSSR count). The number of nitrogens with one attached hydrogen (secondary N) is 1. The Labute approximate surface area is 185 Å². The molecular weight excluding hydrogens is 437 g/mol. The van der Waals surface area contributed by atoms with Crippen molar-refractivity contribution in [2.24, 2.45) is 13.0 Å². The van der Waals surface area contributed by atoms with E-state index in [4.69, 9.17) is 4.74 Å². The maximum Gasteiger partial charge on any atom is 0.327 e. The number of aryl methyl sites for hydroxylation is 3. The Morgan fingerprint density at radius 2 is 1.88 bits per heavy atom. The standard InChI is InChI=1S/C21H24FN5O4S/c1-12(2)11-32(29,30)26-20-23-18(15-9-14(4)19(28)27(5)10-15)24-21(25-20)31-17-13(3)7-6-8-16(17)22/h6-10,12H,11H2,1-5H3,(H,23,24,25,26). The number of rotatable bonds is 7. The summed E-state index contributed by atoms with van der Waals surface area (Å²) in [6.45, 7) is 6.82. The molecule has 32 heavy (non-hydrogen) atoms. The summed E-state index contributed by atoms with van der Waals surface area (Å²) < 4.78 is 48.4. The van der Waals surface area contributed by atoms with Crippen LogP contribution in [0, 0.1) is 25.6 Å². The normalized spacial score (nSPS) is 11.6. The molecule has 0 saturated carbocycles. The second-order valence-electron chi connectivity index (χ2n) is 7.86. The molecule has 0 saturated heterocycles. The van der Waals surface area contributed by atoms with E-state index in [2.05, 4.69) is 19.7 Å². The molecule has 0 aliphatic heterocycles. The van der Waals surface area contributed by atoms with Crippen LogP contribution in [0.5, 0.6) is 11.8 Å². The molecule has 0 fully saturated rings. The predicted octanol–water partition coefficient (Wildman–Crippen LogP) is 3.18. The molecule has 1 aromatic carbocycles. The highest BCUT2D eigenvalue weighted by Crippen LogP contribution is 2.28. The zero-order valence-corrected chi connectivity index (χ0v) is 19.2. The number of pyridine rings is 1. The number of hydrogen-bond donors (Lipinski definition) is 1. The highest BCUT2D eigenvalue weighted by molar-refractivity contribution is 7.92. The molecule has 0 bridgehead atoms. The maximum atomic E-state index is 14.3. The molecule has 0 aliphatic rings. The van der Waals surface area contributed by atoms with Crippen LogP contribution in [0.1, 0.15) is 25.0 Å². The van der Waals surface area contributed by atoms with Gasteiger partial charge in [0.05, 0.1) is 5.75 Å². The fourth-order valence-corrected chi connectivity index (χ4v) is 4.36. The van der Waals surface area contributed by atoms with Crippen LogP contribution in [0.25, 0.3) is 11.4 Å². The second kappa shape index (κ2) is 9.03. The summed E-state index contributed by atoms with van der Waals surface area (Å²) in [6.07, 6.45) is 1.51. The zero-order chi connectivity index (χ0) is 23.6. The summed E-state index contributed by atoms with van der Waals surface area (Å²) in [4.78, 5) is 24.5. The van der Waals surface area contributed by atoms with Crippen molar-refractivity contribution in [1.82, 2.24) is 19.5 Å². The van der Waals surface area contributed by atoms with Crippen LogP contribution >= 0.6 is 0 Å². The Morgan fingerprint density at radius 1 is 1.16 bits per heavy atom. The minimum atomic E-state index is -3.75. The van der Waals surface area contributed by atoms with Crippen LogP contribution in [0.3, 0.4) is 0 Å². The number of halogens is 1. The number of benzene rings is 1. The van der Waals surface area contributed by atoms with Crippen molar-refractivity contribution in [2.75, 3.05) is 10.5 Å². The molecule has 11 heteroatoms. The molecule has 2 aromatic heterocycles. The van der Waals surface area contributed by atoms with Gasteiger partial charge in [-0.1, -0.05) is 26.0 Å². The highest BCUT2D eigenvalue weighted by Gasteiger charge is 2.19. The summed E-state index contributed by atoms with van der Waals surface area (Å²) >= 11 is 0. The third-order valence-corrected chi connectivity index (χ3v) is 5.99. The average molecular weight is 462 g/mol. The Morgan fingerprint density at radius 3 is 2.50 bits per heavy atom. The summed E-state index contributed by atoms with van der Waals surface area (Å²) in [6, 6.07) is 5.70. The maximum absolute atomic E-state index is 14.3. The molecule has 0 radical (unpaired) electrons. The van der Waals surface area contributed by atoms with E-state index in [0.717, 1.165) is 0 Å². The third-order valence-electron chi connectivity index (χ3n) is 4.39. The van der Waals surface area contributed by atoms with Gasteiger partial charge in [0, 0.05) is 24.4 Å². The number of anilines is 1. The number of hydrogen-bond acceptors (Lipinski definition) is 7. The molecular formula is C21H24FN5O4S. The lowest BCUT2D eigenvalue weighted by atomic mass is 10.2. The Balaban J connectivity index is 2.12. The molecule has 170 valence electrons. The first kappa shape index (κ1) is 23.3. The highest BCUT2D eigenvalue weighted by atomic mass is 32.2. The Bertz CT molecular complexity index is 1280. The van der Waals surface area contributed by atoms with Crippen molar-refractivity contribution in [3.63, 3.8) is 0 Å². The smallest absolute Gasteiger partial charge is 0.327 e. The summed E-state index contributed by atoms with van der Waals surface area (Å²) in [5.74, 6) is -1.19.